The highest BCUT2D eigenvalue weighted by atomic mass is 16.5. The highest BCUT2D eigenvalue weighted by Crippen LogP contribution is 2.19. The van der Waals surface area contributed by atoms with Crippen LogP contribution in [0, 0.1) is 13.8 Å². The highest BCUT2D eigenvalue weighted by Gasteiger charge is 2.26. The Bertz CT molecular complexity index is 932. The number of ether oxygens (including phenoxy) is 2. The minimum atomic E-state index is 0.0238. The fourth-order valence-electron chi connectivity index (χ4n) is 4.01. The number of amides is 2. The smallest absolute Gasteiger partial charge is 0.254 e. The highest BCUT2D eigenvalue weighted by molar-refractivity contribution is 5.94. The van der Waals surface area contributed by atoms with Crippen LogP contribution in [0.2, 0.25) is 0 Å². The number of rotatable bonds is 9. The van der Waals surface area contributed by atoms with Crippen LogP contribution in [-0.2, 0) is 16.1 Å². The summed E-state index contributed by atoms with van der Waals surface area (Å²) >= 11 is 0. The van der Waals surface area contributed by atoms with Crippen LogP contribution in [-0.4, -0.2) is 48.6 Å². The number of hydrogen-bond donors (Lipinski definition) is 1. The van der Waals surface area contributed by atoms with E-state index >= 15 is 0 Å². The topological polar surface area (TPSA) is 67.9 Å². The van der Waals surface area contributed by atoms with Gasteiger partial charge in [-0.3, -0.25) is 9.59 Å². The molecule has 2 unspecified atom stereocenters. The molecule has 6 nitrogen and oxygen atoms in total. The molecule has 33 heavy (non-hydrogen) atoms. The van der Waals surface area contributed by atoms with Gasteiger partial charge in [-0.25, -0.2) is 0 Å². The van der Waals surface area contributed by atoms with Crippen molar-refractivity contribution in [1.82, 2.24) is 10.2 Å². The Morgan fingerprint density at radius 1 is 1.03 bits per heavy atom. The first-order chi connectivity index (χ1) is 15.8. The van der Waals surface area contributed by atoms with Gasteiger partial charge in [0, 0.05) is 31.6 Å². The summed E-state index contributed by atoms with van der Waals surface area (Å²) in [5.74, 6) is 0.966. The number of carbonyl (C=O) groups is 2. The summed E-state index contributed by atoms with van der Waals surface area (Å²) in [7, 11) is 0. The van der Waals surface area contributed by atoms with Gasteiger partial charge in [-0.2, -0.15) is 0 Å². The summed E-state index contributed by atoms with van der Waals surface area (Å²) in [4.78, 5) is 26.8. The predicted octanol–water partition coefficient (Wildman–Crippen LogP) is 4.42. The van der Waals surface area contributed by atoms with Crippen molar-refractivity contribution in [2.45, 2.75) is 65.7 Å². The summed E-state index contributed by atoms with van der Waals surface area (Å²) in [5, 5.41) is 2.96. The van der Waals surface area contributed by atoms with E-state index in [1.165, 1.54) is 5.56 Å². The zero-order valence-electron chi connectivity index (χ0n) is 20.2. The molecule has 1 saturated heterocycles. The Labute approximate surface area is 197 Å². The Hall–Kier alpha value is -2.86. The van der Waals surface area contributed by atoms with Gasteiger partial charge in [-0.05, 0) is 75.4 Å². The van der Waals surface area contributed by atoms with Crippen molar-refractivity contribution in [2.75, 3.05) is 19.7 Å². The van der Waals surface area contributed by atoms with E-state index in [1.54, 1.807) is 0 Å². The molecule has 3 rings (SSSR count). The fraction of sp³-hybridized carbons (Fsp3) is 0.481. The van der Waals surface area contributed by atoms with E-state index in [9.17, 15) is 9.59 Å². The summed E-state index contributed by atoms with van der Waals surface area (Å²) in [5.41, 5.74) is 3.94. The quantitative estimate of drug-likeness (QED) is 0.572. The van der Waals surface area contributed by atoms with E-state index < -0.39 is 0 Å². The number of nitrogens with one attached hydrogen (secondary N) is 1. The second-order valence-electron chi connectivity index (χ2n) is 9.02. The maximum Gasteiger partial charge on any atom is 0.254 e. The normalized spacial score (nSPS) is 18.1. The van der Waals surface area contributed by atoms with Gasteiger partial charge in [-0.1, -0.05) is 24.3 Å². The third-order valence-corrected chi connectivity index (χ3v) is 5.80. The van der Waals surface area contributed by atoms with Crippen LogP contribution in [0.15, 0.2) is 42.5 Å². The molecule has 2 amide bonds. The molecular weight excluding hydrogens is 416 g/mol. The van der Waals surface area contributed by atoms with Crippen molar-refractivity contribution in [2.24, 2.45) is 0 Å². The monoisotopic (exact) mass is 452 g/mol. The molecule has 0 aromatic heterocycles. The molecule has 2 atom stereocenters. The van der Waals surface area contributed by atoms with Gasteiger partial charge in [0.1, 0.15) is 5.75 Å². The fourth-order valence-corrected chi connectivity index (χ4v) is 4.01. The predicted molar refractivity (Wildman–Crippen MR) is 129 cm³/mol. The Balaban J connectivity index is 1.35. The molecule has 2 aromatic carbocycles. The Morgan fingerprint density at radius 3 is 2.42 bits per heavy atom. The summed E-state index contributed by atoms with van der Waals surface area (Å²) in [6.07, 6.45) is 2.17. The molecule has 0 saturated carbocycles. The lowest BCUT2D eigenvalue weighted by atomic mass is 10.1. The number of unbranched alkanes of at least 4 members (excludes halogenated alkanes) is 1. The van der Waals surface area contributed by atoms with Crippen LogP contribution in [0.3, 0.4) is 0 Å². The van der Waals surface area contributed by atoms with Crippen molar-refractivity contribution in [3.05, 3.63) is 64.7 Å². The van der Waals surface area contributed by atoms with Crippen LogP contribution >= 0.6 is 0 Å². The number of benzene rings is 2. The largest absolute Gasteiger partial charge is 0.493 e. The van der Waals surface area contributed by atoms with E-state index in [4.69, 9.17) is 9.47 Å². The van der Waals surface area contributed by atoms with Gasteiger partial charge in [0.2, 0.25) is 5.91 Å². The SMILES string of the molecule is Cc1ccc(C)c(OCCCCC(=O)NCc2ccc(C(=O)N3CC(C)OC(C)C3)cc2)c1. The molecule has 0 bridgehead atoms. The van der Waals surface area contributed by atoms with E-state index in [-0.39, 0.29) is 24.0 Å². The van der Waals surface area contributed by atoms with E-state index in [0.717, 1.165) is 29.7 Å². The maximum atomic E-state index is 12.8. The van der Waals surface area contributed by atoms with Crippen molar-refractivity contribution >= 4 is 11.8 Å². The Kier molecular flexibility index (Phi) is 8.89. The molecule has 0 aliphatic carbocycles. The molecule has 1 heterocycles. The first-order valence-corrected chi connectivity index (χ1v) is 11.8. The number of aryl methyl sites for hydroxylation is 2. The molecule has 0 spiro atoms. The van der Waals surface area contributed by atoms with Crippen LogP contribution < -0.4 is 10.1 Å². The summed E-state index contributed by atoms with van der Waals surface area (Å²) in [6.45, 7) is 10.3. The number of carbonyl (C=O) groups excluding carboxylic acids is 2. The second kappa shape index (κ2) is 11.8. The zero-order valence-corrected chi connectivity index (χ0v) is 20.2. The molecule has 1 fully saturated rings. The molecule has 2 aromatic rings. The minimum absolute atomic E-state index is 0.0238. The van der Waals surface area contributed by atoms with Gasteiger partial charge < -0.3 is 19.7 Å². The van der Waals surface area contributed by atoms with Crippen LogP contribution in [0.1, 0.15) is 60.2 Å². The average molecular weight is 453 g/mol. The number of hydrogen-bond acceptors (Lipinski definition) is 4. The molecular formula is C27H36N2O4. The van der Waals surface area contributed by atoms with E-state index in [2.05, 4.69) is 17.4 Å². The molecule has 1 aliphatic heterocycles. The van der Waals surface area contributed by atoms with Gasteiger partial charge in [0.05, 0.1) is 18.8 Å². The molecule has 1 N–H and O–H groups in total. The maximum absolute atomic E-state index is 12.8. The first kappa shape index (κ1) is 24.8. The van der Waals surface area contributed by atoms with E-state index in [0.29, 0.717) is 38.2 Å². The third kappa shape index (κ3) is 7.60. The molecule has 1 aliphatic rings. The summed E-state index contributed by atoms with van der Waals surface area (Å²) in [6, 6.07) is 13.6. The van der Waals surface area contributed by atoms with Crippen LogP contribution in [0.5, 0.6) is 5.75 Å². The molecule has 178 valence electrons. The first-order valence-electron chi connectivity index (χ1n) is 11.8. The van der Waals surface area contributed by atoms with Crippen LogP contribution in [0.4, 0.5) is 0 Å². The molecule has 0 radical (unpaired) electrons. The average Bonchev–Trinajstić information content (AvgIpc) is 2.79. The standard InChI is InChI=1S/C27H36N2O4/c1-19-8-9-20(2)25(15-19)32-14-6-5-7-26(30)28-16-23-10-12-24(13-11-23)27(31)29-17-21(3)33-22(4)18-29/h8-13,15,21-22H,5-7,14,16-18H2,1-4H3,(H,28,30). The zero-order chi connectivity index (χ0) is 23.8. The third-order valence-electron chi connectivity index (χ3n) is 5.80. The van der Waals surface area contributed by atoms with Crippen LogP contribution in [0.25, 0.3) is 0 Å². The molecule has 6 heteroatoms. The van der Waals surface area contributed by atoms with Crippen molar-refractivity contribution in [1.29, 1.82) is 0 Å². The van der Waals surface area contributed by atoms with Crippen molar-refractivity contribution in [3.63, 3.8) is 0 Å². The van der Waals surface area contributed by atoms with Crippen molar-refractivity contribution in [3.8, 4) is 5.75 Å². The minimum Gasteiger partial charge on any atom is -0.493 e. The van der Waals surface area contributed by atoms with Gasteiger partial charge >= 0.3 is 0 Å². The Morgan fingerprint density at radius 2 is 1.73 bits per heavy atom. The van der Waals surface area contributed by atoms with Gasteiger partial charge in [0.25, 0.3) is 5.91 Å². The lowest BCUT2D eigenvalue weighted by molar-refractivity contribution is -0.121. The summed E-state index contributed by atoms with van der Waals surface area (Å²) < 4.78 is 11.6. The second-order valence-corrected chi connectivity index (χ2v) is 9.02. The van der Waals surface area contributed by atoms with Gasteiger partial charge in [-0.15, -0.1) is 0 Å². The number of morpholine rings is 1. The van der Waals surface area contributed by atoms with E-state index in [1.807, 2.05) is 62.9 Å². The van der Waals surface area contributed by atoms with Crippen molar-refractivity contribution < 1.29 is 19.1 Å². The lowest BCUT2D eigenvalue weighted by Gasteiger charge is -2.35. The lowest BCUT2D eigenvalue weighted by Crippen LogP contribution is -2.48. The van der Waals surface area contributed by atoms with Gasteiger partial charge in [0.15, 0.2) is 0 Å². The number of nitrogens with zero attached hydrogens (tertiary/aromatic N) is 1.